The second kappa shape index (κ2) is 4.39. The van der Waals surface area contributed by atoms with E-state index in [1.54, 1.807) is 0 Å². The van der Waals surface area contributed by atoms with E-state index in [0.717, 1.165) is 0 Å². The van der Waals surface area contributed by atoms with Crippen LogP contribution in [0.3, 0.4) is 0 Å². The van der Waals surface area contributed by atoms with Gasteiger partial charge in [-0.25, -0.2) is 0 Å². The predicted octanol–water partition coefficient (Wildman–Crippen LogP) is 1.35. The normalized spacial score (nSPS) is 38.4. The second-order valence-corrected chi connectivity index (χ2v) is 6.86. The molecule has 2 saturated carbocycles. The summed E-state index contributed by atoms with van der Waals surface area (Å²) in [6.45, 7) is 0. The summed E-state index contributed by atoms with van der Waals surface area (Å²) in [6, 6.07) is -0.354. The quantitative estimate of drug-likeness (QED) is 0.540. The Morgan fingerprint density at radius 1 is 1.00 bits per heavy atom. The highest BCUT2D eigenvalue weighted by molar-refractivity contribution is 5.92. The summed E-state index contributed by atoms with van der Waals surface area (Å²) >= 11 is 0. The van der Waals surface area contributed by atoms with Crippen molar-refractivity contribution in [2.24, 2.45) is 11.3 Å². The molecule has 2 heterocycles. The molecule has 2 unspecified atom stereocenters. The molecule has 0 aromatic heterocycles. The van der Waals surface area contributed by atoms with Crippen LogP contribution in [0.2, 0.25) is 0 Å². The van der Waals surface area contributed by atoms with E-state index in [1.165, 1.54) is 0 Å². The first-order chi connectivity index (χ1) is 9.89. The number of aliphatic hydroxyl groups is 2. The first-order valence-corrected chi connectivity index (χ1v) is 7.09. The van der Waals surface area contributed by atoms with E-state index < -0.39 is 29.1 Å². The molecule has 4 nitrogen and oxygen atoms in total. The van der Waals surface area contributed by atoms with Gasteiger partial charge in [0.1, 0.15) is 0 Å². The zero-order valence-corrected chi connectivity index (χ0v) is 11.5. The molecule has 4 bridgehead atoms. The van der Waals surface area contributed by atoms with Crippen LogP contribution in [0.15, 0.2) is 0 Å². The molecule has 2 saturated heterocycles. The Morgan fingerprint density at radius 2 is 1.50 bits per heavy atom. The highest BCUT2D eigenvalue weighted by atomic mass is 19.4. The summed E-state index contributed by atoms with van der Waals surface area (Å²) in [4.78, 5) is 12.2. The number of Topliss-reactive ketones (excluding diaryl/α,β-unsaturated/α-hetero) is 1. The SMILES string of the molecule is O=C(C12CC3CC(C1)NC(C3)C2)C(F)(F)C(O)(O)C(F)(F)F. The van der Waals surface area contributed by atoms with Crippen molar-refractivity contribution < 1.29 is 37.0 Å². The molecular weight excluding hydrogens is 313 g/mol. The highest BCUT2D eigenvalue weighted by Crippen LogP contribution is 2.56. The van der Waals surface area contributed by atoms with Crippen molar-refractivity contribution in [3.8, 4) is 0 Å². The van der Waals surface area contributed by atoms with Crippen molar-refractivity contribution >= 4 is 5.78 Å². The zero-order valence-electron chi connectivity index (χ0n) is 11.5. The minimum absolute atomic E-state index is 0.0103. The maximum atomic E-state index is 14.0. The standard InChI is InChI=1S/C13H16F5NO3/c14-11(15,12(21,22)13(16,17)18)9(20)10-3-6-1-7(4-10)19-8(2-6)5-10/h6-8,19,21-22H,1-5H2. The fourth-order valence-corrected chi connectivity index (χ4v) is 4.51. The molecule has 0 spiro atoms. The summed E-state index contributed by atoms with van der Waals surface area (Å²) in [5.74, 6) is -12.6. The van der Waals surface area contributed by atoms with E-state index in [1.807, 2.05) is 0 Å². The molecule has 126 valence electrons. The lowest BCUT2D eigenvalue weighted by atomic mass is 9.53. The van der Waals surface area contributed by atoms with E-state index in [4.69, 9.17) is 10.2 Å². The predicted molar refractivity (Wildman–Crippen MR) is 62.9 cm³/mol. The van der Waals surface area contributed by atoms with Gasteiger partial charge in [-0.05, 0) is 38.0 Å². The van der Waals surface area contributed by atoms with Gasteiger partial charge in [0.2, 0.25) is 5.78 Å². The molecule has 2 aliphatic heterocycles. The first kappa shape index (κ1) is 16.1. The number of halogens is 5. The first-order valence-electron chi connectivity index (χ1n) is 7.09. The minimum atomic E-state index is -6.02. The average Bonchev–Trinajstić information content (AvgIpc) is 2.34. The topological polar surface area (TPSA) is 69.6 Å². The summed E-state index contributed by atoms with van der Waals surface area (Å²) in [5.41, 5.74) is -1.60. The second-order valence-electron chi connectivity index (χ2n) is 6.86. The zero-order chi connectivity index (χ0) is 16.6. The number of hydrogen-bond donors (Lipinski definition) is 3. The smallest absolute Gasteiger partial charge is 0.354 e. The third kappa shape index (κ3) is 2.01. The molecule has 4 rings (SSSR count). The van der Waals surface area contributed by atoms with E-state index >= 15 is 0 Å². The summed E-state index contributed by atoms with van der Waals surface area (Å²) < 4.78 is 65.6. The van der Waals surface area contributed by atoms with Crippen LogP contribution >= 0.6 is 0 Å². The van der Waals surface area contributed by atoms with Crippen molar-refractivity contribution in [3.05, 3.63) is 0 Å². The van der Waals surface area contributed by atoms with Crippen LogP contribution in [0.5, 0.6) is 0 Å². The molecule has 22 heavy (non-hydrogen) atoms. The molecule has 0 aromatic rings. The van der Waals surface area contributed by atoms with Crippen LogP contribution in [0.1, 0.15) is 32.1 Å². The summed E-state index contributed by atoms with van der Waals surface area (Å²) in [7, 11) is 0. The largest absolute Gasteiger partial charge is 0.450 e. The lowest BCUT2D eigenvalue weighted by molar-refractivity contribution is -0.406. The number of nitrogens with one attached hydrogen (secondary N) is 1. The number of carbonyl (C=O) groups is 1. The minimum Gasteiger partial charge on any atom is -0.354 e. The van der Waals surface area contributed by atoms with E-state index in [-0.39, 0.29) is 37.3 Å². The Hall–Kier alpha value is -0.800. The third-order valence-corrected chi connectivity index (χ3v) is 5.26. The van der Waals surface area contributed by atoms with E-state index in [2.05, 4.69) is 5.32 Å². The monoisotopic (exact) mass is 329 g/mol. The Bertz CT molecular complexity index is 463. The number of rotatable bonds is 3. The molecular formula is C13H16F5NO3. The van der Waals surface area contributed by atoms with Crippen LogP contribution in [0.4, 0.5) is 22.0 Å². The molecule has 4 aliphatic rings. The maximum Gasteiger partial charge on any atom is 0.450 e. The molecule has 3 N–H and O–H groups in total. The van der Waals surface area contributed by atoms with Gasteiger partial charge in [0.15, 0.2) is 0 Å². The van der Waals surface area contributed by atoms with Crippen molar-refractivity contribution in [1.29, 1.82) is 0 Å². The maximum absolute atomic E-state index is 14.0. The van der Waals surface area contributed by atoms with E-state index in [0.29, 0.717) is 12.8 Å². The molecule has 0 aromatic carbocycles. The number of ketones is 1. The molecule has 0 amide bonds. The van der Waals surface area contributed by atoms with Gasteiger partial charge < -0.3 is 15.5 Å². The van der Waals surface area contributed by atoms with Gasteiger partial charge in [0.05, 0.1) is 0 Å². The fourth-order valence-electron chi connectivity index (χ4n) is 4.51. The molecule has 4 fully saturated rings. The van der Waals surface area contributed by atoms with Gasteiger partial charge in [-0.2, -0.15) is 22.0 Å². The lowest BCUT2D eigenvalue weighted by Gasteiger charge is -2.57. The Balaban J connectivity index is 1.93. The van der Waals surface area contributed by atoms with Gasteiger partial charge in [-0.1, -0.05) is 0 Å². The van der Waals surface area contributed by atoms with Crippen molar-refractivity contribution in [2.45, 2.75) is 62.1 Å². The van der Waals surface area contributed by atoms with Crippen LogP contribution < -0.4 is 5.32 Å². The van der Waals surface area contributed by atoms with Gasteiger partial charge in [0.25, 0.3) is 0 Å². The van der Waals surface area contributed by atoms with Crippen LogP contribution in [-0.4, -0.2) is 46.0 Å². The van der Waals surface area contributed by atoms with E-state index in [9.17, 15) is 26.7 Å². The van der Waals surface area contributed by atoms with Gasteiger partial charge in [-0.3, -0.25) is 4.79 Å². The number of alkyl halides is 5. The molecule has 2 aliphatic carbocycles. The number of hydrogen-bond acceptors (Lipinski definition) is 4. The fraction of sp³-hybridized carbons (Fsp3) is 0.923. The molecule has 2 atom stereocenters. The number of piperidine rings is 2. The average molecular weight is 329 g/mol. The van der Waals surface area contributed by atoms with Crippen LogP contribution in [-0.2, 0) is 4.79 Å². The lowest BCUT2D eigenvalue weighted by Crippen LogP contribution is -2.69. The van der Waals surface area contributed by atoms with Crippen LogP contribution in [0.25, 0.3) is 0 Å². The Kier molecular flexibility index (Phi) is 3.20. The third-order valence-electron chi connectivity index (χ3n) is 5.26. The van der Waals surface area contributed by atoms with Crippen molar-refractivity contribution in [2.75, 3.05) is 0 Å². The molecule has 9 heteroatoms. The van der Waals surface area contributed by atoms with Crippen molar-refractivity contribution in [3.63, 3.8) is 0 Å². The highest BCUT2D eigenvalue weighted by Gasteiger charge is 2.75. The number of carbonyl (C=O) groups excluding carboxylic acids is 1. The van der Waals surface area contributed by atoms with Gasteiger partial charge >= 0.3 is 17.9 Å². The Labute approximate surface area is 122 Å². The van der Waals surface area contributed by atoms with Gasteiger partial charge in [-0.15, -0.1) is 0 Å². The summed E-state index contributed by atoms with van der Waals surface area (Å²) in [5, 5.41) is 21.0. The van der Waals surface area contributed by atoms with Crippen molar-refractivity contribution in [1.82, 2.24) is 5.32 Å². The van der Waals surface area contributed by atoms with Crippen LogP contribution in [0, 0.1) is 11.3 Å². The van der Waals surface area contributed by atoms with Gasteiger partial charge in [0, 0.05) is 17.5 Å². The Morgan fingerprint density at radius 3 is 1.91 bits per heavy atom. The molecule has 0 radical (unpaired) electrons. The summed E-state index contributed by atoms with van der Waals surface area (Å²) in [6.07, 6.45) is -4.49.